The highest BCUT2D eigenvalue weighted by Crippen LogP contribution is 2.11. The molecule has 0 fully saturated rings. The summed E-state index contributed by atoms with van der Waals surface area (Å²) in [4.78, 5) is 9.15. The predicted molar refractivity (Wildman–Crippen MR) is 68.7 cm³/mol. The molecule has 0 aromatic carbocycles. The second-order valence-corrected chi connectivity index (χ2v) is 4.59. The maximum Gasteiger partial charge on any atom is 0.0619 e. The van der Waals surface area contributed by atoms with Gasteiger partial charge >= 0.3 is 0 Å². The van der Waals surface area contributed by atoms with Crippen molar-refractivity contribution >= 4 is 0 Å². The number of aryl methyl sites for hydroxylation is 4. The molecule has 0 bridgehead atoms. The first kappa shape index (κ1) is 13.1. The van der Waals surface area contributed by atoms with Crippen LogP contribution in [0.15, 0.2) is 0 Å². The smallest absolute Gasteiger partial charge is 0.0619 e. The molecular weight excluding hydrogens is 196 g/mol. The van der Waals surface area contributed by atoms with Crippen LogP contribution >= 0.6 is 0 Å². The van der Waals surface area contributed by atoms with Crippen molar-refractivity contribution in [3.8, 4) is 0 Å². The summed E-state index contributed by atoms with van der Waals surface area (Å²) in [5.74, 6) is 0. The SMILES string of the molecule is CCCCCCCc1nc(C)c(C)nc1C. The summed E-state index contributed by atoms with van der Waals surface area (Å²) in [5, 5.41) is 0. The Hall–Kier alpha value is -0.920. The summed E-state index contributed by atoms with van der Waals surface area (Å²) < 4.78 is 0. The van der Waals surface area contributed by atoms with E-state index >= 15 is 0 Å². The molecule has 1 aromatic heterocycles. The molecule has 0 saturated heterocycles. The number of hydrogen-bond donors (Lipinski definition) is 0. The van der Waals surface area contributed by atoms with Gasteiger partial charge in [0.15, 0.2) is 0 Å². The van der Waals surface area contributed by atoms with E-state index in [1.54, 1.807) is 0 Å². The molecule has 0 aliphatic rings. The van der Waals surface area contributed by atoms with E-state index in [9.17, 15) is 0 Å². The van der Waals surface area contributed by atoms with Gasteiger partial charge in [0.25, 0.3) is 0 Å². The standard InChI is InChI=1S/C14H24N2/c1-5-6-7-8-9-10-14-13(4)15-11(2)12(3)16-14/h5-10H2,1-4H3. The predicted octanol–water partition coefficient (Wildman–Crippen LogP) is 3.91. The lowest BCUT2D eigenvalue weighted by Gasteiger charge is -2.07. The molecular formula is C14H24N2. The first-order chi connectivity index (χ1) is 7.65. The number of rotatable bonds is 6. The van der Waals surface area contributed by atoms with Crippen LogP contribution in [-0.2, 0) is 6.42 Å². The van der Waals surface area contributed by atoms with Gasteiger partial charge in [-0.15, -0.1) is 0 Å². The van der Waals surface area contributed by atoms with E-state index in [4.69, 9.17) is 0 Å². The number of aromatic nitrogens is 2. The maximum absolute atomic E-state index is 4.63. The van der Waals surface area contributed by atoms with Gasteiger partial charge in [-0.3, -0.25) is 9.97 Å². The van der Waals surface area contributed by atoms with Crippen molar-refractivity contribution < 1.29 is 0 Å². The van der Waals surface area contributed by atoms with E-state index in [1.165, 1.54) is 37.8 Å². The molecule has 0 unspecified atom stereocenters. The van der Waals surface area contributed by atoms with Crippen molar-refractivity contribution in [2.75, 3.05) is 0 Å². The Balaban J connectivity index is 2.45. The normalized spacial score (nSPS) is 10.8. The Kier molecular flexibility index (Phi) is 5.44. The molecule has 0 atom stereocenters. The van der Waals surface area contributed by atoms with Gasteiger partial charge in [0.05, 0.1) is 22.8 Å². The van der Waals surface area contributed by atoms with Gasteiger partial charge in [-0.2, -0.15) is 0 Å². The van der Waals surface area contributed by atoms with E-state index in [1.807, 2.05) is 13.8 Å². The van der Waals surface area contributed by atoms with E-state index in [0.717, 1.165) is 23.5 Å². The summed E-state index contributed by atoms with van der Waals surface area (Å²) in [6.07, 6.45) is 7.68. The fraction of sp³-hybridized carbons (Fsp3) is 0.714. The minimum atomic E-state index is 1.06. The second-order valence-electron chi connectivity index (χ2n) is 4.59. The Morgan fingerprint density at radius 3 is 2.06 bits per heavy atom. The van der Waals surface area contributed by atoms with Crippen molar-refractivity contribution in [3.63, 3.8) is 0 Å². The Bertz CT molecular complexity index is 332. The molecule has 90 valence electrons. The van der Waals surface area contributed by atoms with Gasteiger partial charge < -0.3 is 0 Å². The largest absolute Gasteiger partial charge is 0.255 e. The van der Waals surface area contributed by atoms with E-state index in [0.29, 0.717) is 0 Å². The van der Waals surface area contributed by atoms with E-state index in [2.05, 4.69) is 23.8 Å². The average Bonchev–Trinajstić information content (AvgIpc) is 2.25. The van der Waals surface area contributed by atoms with Gasteiger partial charge in [0, 0.05) is 0 Å². The zero-order chi connectivity index (χ0) is 12.0. The summed E-state index contributed by atoms with van der Waals surface area (Å²) in [6, 6.07) is 0. The van der Waals surface area contributed by atoms with Gasteiger partial charge in [-0.05, 0) is 33.6 Å². The van der Waals surface area contributed by atoms with Crippen molar-refractivity contribution in [1.82, 2.24) is 9.97 Å². The summed E-state index contributed by atoms with van der Waals surface area (Å²) >= 11 is 0. The lowest BCUT2D eigenvalue weighted by Crippen LogP contribution is -2.02. The lowest BCUT2D eigenvalue weighted by molar-refractivity contribution is 0.625. The van der Waals surface area contributed by atoms with Gasteiger partial charge in [-0.1, -0.05) is 32.6 Å². The third kappa shape index (κ3) is 3.92. The topological polar surface area (TPSA) is 25.8 Å². The highest BCUT2D eigenvalue weighted by Gasteiger charge is 2.04. The second kappa shape index (κ2) is 6.62. The molecule has 1 aromatic rings. The zero-order valence-electron chi connectivity index (χ0n) is 11.1. The average molecular weight is 220 g/mol. The zero-order valence-corrected chi connectivity index (χ0v) is 11.1. The highest BCUT2D eigenvalue weighted by atomic mass is 14.8. The van der Waals surface area contributed by atoms with E-state index in [-0.39, 0.29) is 0 Å². The quantitative estimate of drug-likeness (QED) is 0.679. The number of nitrogens with zero attached hydrogens (tertiary/aromatic N) is 2. The van der Waals surface area contributed by atoms with Crippen molar-refractivity contribution in [1.29, 1.82) is 0 Å². The molecule has 1 heterocycles. The third-order valence-electron chi connectivity index (χ3n) is 3.10. The third-order valence-corrected chi connectivity index (χ3v) is 3.10. The first-order valence-electron chi connectivity index (χ1n) is 6.46. The fourth-order valence-corrected chi connectivity index (χ4v) is 1.89. The van der Waals surface area contributed by atoms with Crippen LogP contribution in [-0.4, -0.2) is 9.97 Å². The van der Waals surface area contributed by atoms with Crippen molar-refractivity contribution in [3.05, 3.63) is 22.8 Å². The van der Waals surface area contributed by atoms with Crippen molar-refractivity contribution in [2.45, 2.75) is 66.2 Å². The summed E-state index contributed by atoms with van der Waals surface area (Å²) in [6.45, 7) is 8.39. The van der Waals surface area contributed by atoms with Crippen molar-refractivity contribution in [2.24, 2.45) is 0 Å². The Morgan fingerprint density at radius 1 is 0.750 bits per heavy atom. The van der Waals surface area contributed by atoms with Crippen LogP contribution in [0.5, 0.6) is 0 Å². The van der Waals surface area contributed by atoms with Gasteiger partial charge in [0.2, 0.25) is 0 Å². The summed E-state index contributed by atoms with van der Waals surface area (Å²) in [7, 11) is 0. The van der Waals surface area contributed by atoms with Gasteiger partial charge in [0.1, 0.15) is 0 Å². The van der Waals surface area contributed by atoms with Crippen LogP contribution in [0.2, 0.25) is 0 Å². The Morgan fingerprint density at radius 2 is 1.38 bits per heavy atom. The van der Waals surface area contributed by atoms with Crippen LogP contribution in [0, 0.1) is 20.8 Å². The van der Waals surface area contributed by atoms with Crippen LogP contribution in [0.3, 0.4) is 0 Å². The fourth-order valence-electron chi connectivity index (χ4n) is 1.89. The molecule has 0 spiro atoms. The lowest BCUT2D eigenvalue weighted by atomic mass is 10.1. The highest BCUT2D eigenvalue weighted by molar-refractivity contribution is 5.17. The molecule has 0 aliphatic carbocycles. The molecule has 16 heavy (non-hydrogen) atoms. The molecule has 0 saturated carbocycles. The number of unbranched alkanes of at least 4 members (excludes halogenated alkanes) is 4. The van der Waals surface area contributed by atoms with Crippen LogP contribution in [0.1, 0.15) is 61.8 Å². The minimum Gasteiger partial charge on any atom is -0.255 e. The molecule has 0 radical (unpaired) electrons. The summed E-state index contributed by atoms with van der Waals surface area (Å²) in [5.41, 5.74) is 4.44. The Labute approximate surface area is 99.5 Å². The van der Waals surface area contributed by atoms with Gasteiger partial charge in [-0.25, -0.2) is 0 Å². The van der Waals surface area contributed by atoms with Crippen LogP contribution < -0.4 is 0 Å². The maximum atomic E-state index is 4.63. The first-order valence-corrected chi connectivity index (χ1v) is 6.46. The molecule has 2 nitrogen and oxygen atoms in total. The van der Waals surface area contributed by atoms with Crippen LogP contribution in [0.25, 0.3) is 0 Å². The molecule has 1 rings (SSSR count). The monoisotopic (exact) mass is 220 g/mol. The molecule has 0 amide bonds. The van der Waals surface area contributed by atoms with E-state index < -0.39 is 0 Å². The number of hydrogen-bond acceptors (Lipinski definition) is 2. The molecule has 0 N–H and O–H groups in total. The molecule has 0 aliphatic heterocycles. The molecule has 2 heteroatoms. The minimum absolute atomic E-state index is 1.06. The van der Waals surface area contributed by atoms with Crippen LogP contribution in [0.4, 0.5) is 0 Å².